The van der Waals surface area contributed by atoms with E-state index < -0.39 is 0 Å². The molecule has 0 fully saturated rings. The second-order valence-corrected chi connectivity index (χ2v) is 5.56. The van der Waals surface area contributed by atoms with E-state index in [2.05, 4.69) is 37.3 Å². The summed E-state index contributed by atoms with van der Waals surface area (Å²) >= 11 is 5.07. The van der Waals surface area contributed by atoms with Crippen LogP contribution in [-0.4, -0.2) is 23.6 Å². The molecule has 0 aliphatic carbocycles. The standard InChI is InChI=1S/C12H12BrN5S/c1-18(12-5-9(13)7-19-12)11-6-10(16-8-17-11)15-4-2-3-14/h5-8H,2,4H2,1H3,(H,15,16,17). The summed E-state index contributed by atoms with van der Waals surface area (Å²) in [7, 11) is 1.96. The first kappa shape index (κ1) is 13.8. The number of aromatic nitrogens is 2. The van der Waals surface area contributed by atoms with Crippen molar-refractivity contribution in [1.29, 1.82) is 5.26 Å². The Labute approximate surface area is 124 Å². The molecule has 19 heavy (non-hydrogen) atoms. The first-order chi connectivity index (χ1) is 9.20. The summed E-state index contributed by atoms with van der Waals surface area (Å²) in [5, 5.41) is 14.7. The maximum Gasteiger partial charge on any atom is 0.138 e. The largest absolute Gasteiger partial charge is 0.369 e. The molecule has 0 aliphatic heterocycles. The van der Waals surface area contributed by atoms with E-state index in [0.29, 0.717) is 13.0 Å². The van der Waals surface area contributed by atoms with E-state index >= 15 is 0 Å². The normalized spacial score (nSPS) is 9.95. The number of rotatable bonds is 5. The van der Waals surface area contributed by atoms with Gasteiger partial charge in [0.25, 0.3) is 0 Å². The quantitative estimate of drug-likeness (QED) is 0.847. The van der Waals surface area contributed by atoms with Gasteiger partial charge in [0.2, 0.25) is 0 Å². The molecule has 0 amide bonds. The summed E-state index contributed by atoms with van der Waals surface area (Å²) in [5.74, 6) is 1.53. The van der Waals surface area contributed by atoms with Crippen molar-refractivity contribution in [3.05, 3.63) is 28.3 Å². The van der Waals surface area contributed by atoms with E-state index in [1.54, 1.807) is 11.3 Å². The van der Waals surface area contributed by atoms with Gasteiger partial charge < -0.3 is 10.2 Å². The Morgan fingerprint density at radius 1 is 1.47 bits per heavy atom. The lowest BCUT2D eigenvalue weighted by atomic mass is 10.4. The SMILES string of the molecule is CN(c1cc(NCCC#N)ncn1)c1cc(Br)cs1. The van der Waals surface area contributed by atoms with Crippen molar-refractivity contribution in [2.45, 2.75) is 6.42 Å². The zero-order valence-corrected chi connectivity index (χ0v) is 12.7. The van der Waals surface area contributed by atoms with E-state index in [4.69, 9.17) is 5.26 Å². The summed E-state index contributed by atoms with van der Waals surface area (Å²) in [6.07, 6.45) is 1.97. The van der Waals surface area contributed by atoms with E-state index in [0.717, 1.165) is 21.1 Å². The number of hydrogen-bond donors (Lipinski definition) is 1. The Morgan fingerprint density at radius 2 is 2.32 bits per heavy atom. The van der Waals surface area contributed by atoms with Gasteiger partial charge in [0, 0.05) is 29.5 Å². The highest BCUT2D eigenvalue weighted by atomic mass is 79.9. The molecule has 2 aromatic heterocycles. The molecule has 0 spiro atoms. The lowest BCUT2D eigenvalue weighted by molar-refractivity contribution is 1.03. The van der Waals surface area contributed by atoms with E-state index in [9.17, 15) is 0 Å². The molecule has 0 aromatic carbocycles. The Bertz CT molecular complexity index is 592. The van der Waals surface area contributed by atoms with Crippen LogP contribution in [0.4, 0.5) is 16.6 Å². The van der Waals surface area contributed by atoms with Crippen molar-refractivity contribution in [1.82, 2.24) is 9.97 Å². The van der Waals surface area contributed by atoms with Gasteiger partial charge in [0.15, 0.2) is 0 Å². The average Bonchev–Trinajstić information content (AvgIpc) is 2.85. The third-order valence-electron chi connectivity index (χ3n) is 2.42. The number of thiophene rings is 1. The van der Waals surface area contributed by atoms with Crippen molar-refractivity contribution >= 4 is 43.9 Å². The first-order valence-electron chi connectivity index (χ1n) is 5.61. The molecule has 0 unspecified atom stereocenters. The second kappa shape index (κ2) is 6.50. The van der Waals surface area contributed by atoms with Crippen LogP contribution in [0.5, 0.6) is 0 Å². The third kappa shape index (κ3) is 3.66. The molecular weight excluding hydrogens is 326 g/mol. The lowest BCUT2D eigenvalue weighted by Crippen LogP contribution is -2.11. The smallest absolute Gasteiger partial charge is 0.138 e. The van der Waals surface area contributed by atoms with Crippen molar-refractivity contribution in [2.24, 2.45) is 0 Å². The predicted molar refractivity (Wildman–Crippen MR) is 80.8 cm³/mol. The van der Waals surface area contributed by atoms with Gasteiger partial charge in [-0.25, -0.2) is 9.97 Å². The van der Waals surface area contributed by atoms with Gasteiger partial charge in [-0.05, 0) is 22.0 Å². The number of nitrogens with zero attached hydrogens (tertiary/aromatic N) is 4. The minimum atomic E-state index is 0.451. The number of nitriles is 1. The Hall–Kier alpha value is -1.65. The summed E-state index contributed by atoms with van der Waals surface area (Å²) in [6, 6.07) is 5.99. The van der Waals surface area contributed by atoms with Crippen LogP contribution >= 0.6 is 27.3 Å². The molecule has 0 bridgehead atoms. The minimum Gasteiger partial charge on any atom is -0.369 e. The molecule has 2 heterocycles. The molecule has 2 rings (SSSR count). The van der Waals surface area contributed by atoms with Gasteiger partial charge in [-0.1, -0.05) is 0 Å². The topological polar surface area (TPSA) is 64.8 Å². The minimum absolute atomic E-state index is 0.451. The lowest BCUT2D eigenvalue weighted by Gasteiger charge is -2.16. The predicted octanol–water partition coefficient (Wildman–Crippen LogP) is 3.39. The molecule has 0 atom stereocenters. The summed E-state index contributed by atoms with van der Waals surface area (Å²) in [6.45, 7) is 0.585. The van der Waals surface area contributed by atoms with Crippen LogP contribution in [-0.2, 0) is 0 Å². The van der Waals surface area contributed by atoms with Crippen LogP contribution in [0, 0.1) is 11.3 Å². The molecular formula is C12H12BrN5S. The number of nitrogens with one attached hydrogen (secondary N) is 1. The molecule has 0 saturated heterocycles. The molecule has 0 saturated carbocycles. The van der Waals surface area contributed by atoms with Crippen molar-refractivity contribution < 1.29 is 0 Å². The summed E-state index contributed by atoms with van der Waals surface area (Å²) in [5.41, 5.74) is 0. The number of halogens is 1. The fourth-order valence-electron chi connectivity index (χ4n) is 1.47. The Balaban J connectivity index is 2.12. The van der Waals surface area contributed by atoms with Crippen molar-refractivity contribution in [2.75, 3.05) is 23.8 Å². The van der Waals surface area contributed by atoms with Gasteiger partial charge in [-0.15, -0.1) is 11.3 Å². The third-order valence-corrected chi connectivity index (χ3v) is 4.19. The van der Waals surface area contributed by atoms with Gasteiger partial charge in [0.1, 0.15) is 18.0 Å². The van der Waals surface area contributed by atoms with Crippen molar-refractivity contribution in [3.8, 4) is 6.07 Å². The van der Waals surface area contributed by atoms with Crippen LogP contribution in [0.2, 0.25) is 0 Å². The fourth-order valence-corrected chi connectivity index (χ4v) is 2.86. The van der Waals surface area contributed by atoms with Gasteiger partial charge in [-0.2, -0.15) is 5.26 Å². The first-order valence-corrected chi connectivity index (χ1v) is 7.28. The second-order valence-electron chi connectivity index (χ2n) is 3.76. The Kier molecular flexibility index (Phi) is 4.71. The number of hydrogen-bond acceptors (Lipinski definition) is 6. The zero-order valence-electron chi connectivity index (χ0n) is 10.3. The molecule has 0 aliphatic rings. The van der Waals surface area contributed by atoms with Crippen molar-refractivity contribution in [3.63, 3.8) is 0 Å². The maximum atomic E-state index is 8.50. The van der Waals surface area contributed by atoms with Crippen LogP contribution < -0.4 is 10.2 Å². The number of anilines is 3. The van der Waals surface area contributed by atoms with Gasteiger partial charge in [-0.3, -0.25) is 0 Å². The molecule has 5 nitrogen and oxygen atoms in total. The summed E-state index contributed by atoms with van der Waals surface area (Å²) in [4.78, 5) is 10.4. The highest BCUT2D eigenvalue weighted by molar-refractivity contribution is 9.10. The van der Waals surface area contributed by atoms with Gasteiger partial charge >= 0.3 is 0 Å². The van der Waals surface area contributed by atoms with Gasteiger partial charge in [0.05, 0.1) is 17.5 Å². The van der Waals surface area contributed by atoms with Crippen LogP contribution in [0.3, 0.4) is 0 Å². The fraction of sp³-hybridized carbons (Fsp3) is 0.250. The van der Waals surface area contributed by atoms with Crippen LogP contribution in [0.15, 0.2) is 28.3 Å². The molecule has 0 radical (unpaired) electrons. The van der Waals surface area contributed by atoms with Crippen LogP contribution in [0.25, 0.3) is 0 Å². The zero-order chi connectivity index (χ0) is 13.7. The highest BCUT2D eigenvalue weighted by Crippen LogP contribution is 2.31. The molecule has 2 aromatic rings. The molecule has 1 N–H and O–H groups in total. The highest BCUT2D eigenvalue weighted by Gasteiger charge is 2.08. The molecule has 98 valence electrons. The van der Waals surface area contributed by atoms with E-state index in [1.165, 1.54) is 6.33 Å². The van der Waals surface area contributed by atoms with E-state index in [1.807, 2.05) is 29.5 Å². The van der Waals surface area contributed by atoms with E-state index in [-0.39, 0.29) is 0 Å². The maximum absolute atomic E-state index is 8.50. The average molecular weight is 338 g/mol. The summed E-state index contributed by atoms with van der Waals surface area (Å²) < 4.78 is 1.06. The molecule has 7 heteroatoms. The van der Waals surface area contributed by atoms with Crippen LogP contribution in [0.1, 0.15) is 6.42 Å². The monoisotopic (exact) mass is 337 g/mol. The Morgan fingerprint density at radius 3 is 3.00 bits per heavy atom.